The first-order valence-electron chi connectivity index (χ1n) is 6.57. The van der Waals surface area contributed by atoms with Gasteiger partial charge in [-0.2, -0.15) is 0 Å². The second kappa shape index (κ2) is 5.54. The predicted octanol–water partition coefficient (Wildman–Crippen LogP) is 0.456. The Morgan fingerprint density at radius 2 is 2.10 bits per heavy atom. The average Bonchev–Trinajstić information content (AvgIpc) is 2.70. The molecule has 2 aliphatic heterocycles. The number of β-amino-alcohol motifs (C(OH)–C–C–N with tert-alkyl or cyclic N) is 1. The van der Waals surface area contributed by atoms with E-state index in [1.54, 1.807) is 20.8 Å². The maximum atomic E-state index is 9.96. The van der Waals surface area contributed by atoms with Gasteiger partial charge in [0, 0.05) is 6.54 Å². The quantitative estimate of drug-likeness (QED) is 0.510. The van der Waals surface area contributed by atoms with Crippen molar-refractivity contribution in [3.8, 4) is 0 Å². The van der Waals surface area contributed by atoms with E-state index in [0.29, 0.717) is 0 Å². The third-order valence-corrected chi connectivity index (χ3v) is 3.32. The van der Waals surface area contributed by atoms with Gasteiger partial charge in [-0.15, -0.1) is 0 Å². The number of hydrogen-bond donors (Lipinski definition) is 3. The van der Waals surface area contributed by atoms with Crippen molar-refractivity contribution in [2.75, 3.05) is 13.2 Å². The van der Waals surface area contributed by atoms with Crippen LogP contribution in [0.1, 0.15) is 20.8 Å². The zero-order valence-corrected chi connectivity index (χ0v) is 11.7. The number of nitrogens with zero attached hydrogens (tertiary/aromatic N) is 2. The zero-order valence-electron chi connectivity index (χ0n) is 11.7. The van der Waals surface area contributed by atoms with Crippen LogP contribution in [-0.2, 0) is 14.2 Å². The molecule has 112 valence electrons. The minimum Gasteiger partial charge on any atom is -0.475 e. The fourth-order valence-electron chi connectivity index (χ4n) is 2.55. The van der Waals surface area contributed by atoms with E-state index < -0.39 is 36.1 Å². The van der Waals surface area contributed by atoms with Gasteiger partial charge < -0.3 is 24.4 Å². The Balaban J connectivity index is 2.28. The topological polar surface area (TPSA) is 108 Å². The molecule has 3 N–H and O–H groups in total. The maximum absolute atomic E-state index is 9.96. The lowest BCUT2D eigenvalue weighted by molar-refractivity contribution is -0.152. The molecule has 2 fully saturated rings. The summed E-state index contributed by atoms with van der Waals surface area (Å²) in [4.78, 5) is 3.09. The third-order valence-electron chi connectivity index (χ3n) is 3.32. The smallest absolute Gasteiger partial charge is 0.459 e. The van der Waals surface area contributed by atoms with Gasteiger partial charge in [0.15, 0.2) is 16.8 Å². The highest BCUT2D eigenvalue weighted by Crippen LogP contribution is 2.36. The fourth-order valence-corrected chi connectivity index (χ4v) is 2.55. The largest absolute Gasteiger partial charge is 0.475 e. The van der Waals surface area contributed by atoms with Crippen LogP contribution in [0, 0.1) is 5.39 Å². The Morgan fingerprint density at radius 3 is 2.70 bits per heavy atom. The molecule has 0 spiro atoms. The van der Waals surface area contributed by atoms with Gasteiger partial charge in [0.05, 0.1) is 12.7 Å². The van der Waals surface area contributed by atoms with E-state index in [1.165, 1.54) is 0 Å². The second-order valence-corrected chi connectivity index (χ2v) is 5.24. The van der Waals surface area contributed by atoms with Crippen LogP contribution in [0.4, 0.5) is 0 Å². The summed E-state index contributed by atoms with van der Waals surface area (Å²) in [6, 6.07) is -0.637. The lowest BCUT2D eigenvalue weighted by Crippen LogP contribution is -2.58. The van der Waals surface area contributed by atoms with Gasteiger partial charge in [-0.1, -0.05) is 0 Å². The predicted molar refractivity (Wildman–Crippen MR) is 68.0 cm³/mol. The highest BCUT2D eigenvalue weighted by molar-refractivity contribution is 5.23. The molecule has 0 aromatic carbocycles. The number of nitrogens with one attached hydrogen (secondary N) is 1. The van der Waals surface area contributed by atoms with E-state index in [2.05, 4.69) is 10.3 Å². The number of piperidine rings is 1. The van der Waals surface area contributed by atoms with Crippen molar-refractivity contribution in [2.24, 2.45) is 0 Å². The Kier molecular flexibility index (Phi) is 4.15. The van der Waals surface area contributed by atoms with Crippen LogP contribution in [0.2, 0.25) is 0 Å². The van der Waals surface area contributed by atoms with Crippen LogP contribution in [-0.4, -0.2) is 53.5 Å². The fraction of sp³-hybridized carbons (Fsp3) is 0.833. The zero-order chi connectivity index (χ0) is 14.9. The summed E-state index contributed by atoms with van der Waals surface area (Å²) in [5, 5.41) is 31.8. The lowest BCUT2D eigenvalue weighted by atomic mass is 9.94. The first-order chi connectivity index (χ1) is 9.39. The standard InChI is InChI=1S/C12H19N3O5/c1-4-18-11(17)8(15-13)7-10-9(6(16)5-14-7)19-12(2,3)20-10/h6-7,9-10,14,16H,4-5H2,1-3H3/p+1/b11-8+/t6-,7+,9-,10+/m1/s1. The van der Waals surface area contributed by atoms with E-state index in [9.17, 15) is 10.2 Å². The molecule has 0 amide bonds. The molecule has 0 aliphatic carbocycles. The molecule has 2 saturated heterocycles. The van der Waals surface area contributed by atoms with Crippen molar-refractivity contribution in [3.05, 3.63) is 16.6 Å². The Labute approximate surface area is 116 Å². The van der Waals surface area contributed by atoms with Crippen LogP contribution >= 0.6 is 0 Å². The molecule has 2 aliphatic rings. The number of fused-ring (bicyclic) bond motifs is 1. The maximum Gasteiger partial charge on any atom is 0.459 e. The Morgan fingerprint density at radius 1 is 1.45 bits per heavy atom. The molecule has 2 rings (SSSR count). The first kappa shape index (κ1) is 15.0. The van der Waals surface area contributed by atoms with Crippen LogP contribution in [0.5, 0.6) is 0 Å². The molecular weight excluding hydrogens is 266 g/mol. The van der Waals surface area contributed by atoms with Crippen LogP contribution in [0.25, 0.3) is 4.98 Å². The molecule has 0 radical (unpaired) electrons. The van der Waals surface area contributed by atoms with Gasteiger partial charge in [0.1, 0.15) is 12.2 Å². The summed E-state index contributed by atoms with van der Waals surface area (Å²) in [6.45, 7) is 5.62. The van der Waals surface area contributed by atoms with Crippen molar-refractivity contribution >= 4 is 0 Å². The van der Waals surface area contributed by atoms with Crippen molar-refractivity contribution in [2.45, 2.75) is 50.9 Å². The molecule has 2 heterocycles. The Hall–Kier alpha value is -1.40. The number of aliphatic hydroxyl groups excluding tert-OH is 2. The van der Waals surface area contributed by atoms with Gasteiger partial charge >= 0.3 is 11.6 Å². The number of aliphatic hydroxyl groups is 2. The summed E-state index contributed by atoms with van der Waals surface area (Å²) >= 11 is 0. The summed E-state index contributed by atoms with van der Waals surface area (Å²) in [7, 11) is 0. The lowest BCUT2D eigenvalue weighted by Gasteiger charge is -2.32. The van der Waals surface area contributed by atoms with E-state index in [-0.39, 0.29) is 18.8 Å². The monoisotopic (exact) mass is 286 g/mol. The van der Waals surface area contributed by atoms with Gasteiger partial charge in [0.25, 0.3) is 0 Å². The van der Waals surface area contributed by atoms with Crippen molar-refractivity contribution < 1.29 is 24.4 Å². The van der Waals surface area contributed by atoms with Gasteiger partial charge in [-0.05, 0) is 20.8 Å². The second-order valence-electron chi connectivity index (χ2n) is 5.24. The molecule has 8 heteroatoms. The minimum absolute atomic E-state index is 0.0740. The molecule has 0 saturated carbocycles. The van der Waals surface area contributed by atoms with Crippen molar-refractivity contribution in [3.63, 3.8) is 0 Å². The molecule has 0 unspecified atom stereocenters. The highest BCUT2D eigenvalue weighted by atomic mass is 16.8. The third kappa shape index (κ3) is 2.71. The highest BCUT2D eigenvalue weighted by Gasteiger charge is 2.55. The number of rotatable bonds is 3. The summed E-state index contributed by atoms with van der Waals surface area (Å²) < 4.78 is 16.3. The first-order valence-corrected chi connectivity index (χ1v) is 6.57. The molecule has 8 nitrogen and oxygen atoms in total. The SMILES string of the molecule is CCO/C(O)=C(/[N+]#N)[C@@H]1NC[C@@H](O)[C@H]2OC(C)(C)O[C@H]21. The van der Waals surface area contributed by atoms with Crippen LogP contribution < -0.4 is 5.32 Å². The number of hydrogen-bond acceptors (Lipinski definition) is 7. The number of ether oxygens (including phenoxy) is 3. The molecule has 4 atom stereocenters. The van der Waals surface area contributed by atoms with E-state index in [1.807, 2.05) is 0 Å². The van der Waals surface area contributed by atoms with Gasteiger partial charge in [-0.3, -0.25) is 5.32 Å². The number of diazo groups is 1. The molecule has 0 aromatic heterocycles. The van der Waals surface area contributed by atoms with Crippen LogP contribution in [0.15, 0.2) is 11.6 Å². The van der Waals surface area contributed by atoms with Crippen LogP contribution in [0.3, 0.4) is 0 Å². The Bertz CT molecular complexity index is 445. The summed E-state index contributed by atoms with van der Waals surface area (Å²) in [6.07, 6.45) is -1.91. The van der Waals surface area contributed by atoms with Crippen molar-refractivity contribution in [1.82, 2.24) is 5.32 Å². The summed E-state index contributed by atoms with van der Waals surface area (Å²) in [5.74, 6) is -1.33. The molecular formula is C12H20N3O5+. The van der Waals surface area contributed by atoms with Gasteiger partial charge in [0.2, 0.25) is 5.39 Å². The minimum atomic E-state index is -0.859. The van der Waals surface area contributed by atoms with E-state index >= 15 is 0 Å². The molecule has 20 heavy (non-hydrogen) atoms. The molecule has 0 bridgehead atoms. The normalized spacial score (nSPS) is 36.8. The van der Waals surface area contributed by atoms with E-state index in [4.69, 9.17) is 19.6 Å². The van der Waals surface area contributed by atoms with E-state index in [0.717, 1.165) is 0 Å². The average molecular weight is 286 g/mol. The van der Waals surface area contributed by atoms with Gasteiger partial charge in [-0.25, -0.2) is 0 Å². The summed E-state index contributed by atoms with van der Waals surface area (Å²) in [5.41, 5.74) is -0.0740. The van der Waals surface area contributed by atoms with Crippen molar-refractivity contribution in [1.29, 1.82) is 5.39 Å². The molecule has 0 aromatic rings.